The molecule has 2 N–H and O–H groups in total. The molecule has 2 saturated carbocycles. The Morgan fingerprint density at radius 1 is 1.23 bits per heavy atom. The molecule has 0 bridgehead atoms. The van der Waals surface area contributed by atoms with Gasteiger partial charge in [-0.3, -0.25) is 14.5 Å². The number of rotatable bonds is 8. The minimum atomic E-state index is -0.776. The fourth-order valence-electron chi connectivity index (χ4n) is 3.82. The Kier molecular flexibility index (Phi) is 5.51. The molecule has 3 rings (SSSR count). The maximum atomic E-state index is 12.5. The summed E-state index contributed by atoms with van der Waals surface area (Å²) in [7, 11) is 1.63. The number of carboxylic acid groups (broad SMARTS) is 1. The van der Waals surface area contributed by atoms with E-state index >= 15 is 0 Å². The normalized spacial score (nSPS) is 22.0. The summed E-state index contributed by atoms with van der Waals surface area (Å²) in [4.78, 5) is 25.7. The SMILES string of the molecule is COc1c(C)cc(C(=O)NC2CC(N(CC(=O)O)CC3CC3)C2)cc1C. The molecule has 0 radical (unpaired) electrons. The Morgan fingerprint density at radius 2 is 1.85 bits per heavy atom. The van der Waals surface area contributed by atoms with Crippen LogP contribution in [0.4, 0.5) is 0 Å². The lowest BCUT2D eigenvalue weighted by atomic mass is 9.85. The van der Waals surface area contributed by atoms with Gasteiger partial charge in [-0.05, 0) is 68.7 Å². The van der Waals surface area contributed by atoms with Crippen molar-refractivity contribution in [2.24, 2.45) is 5.92 Å². The van der Waals surface area contributed by atoms with Gasteiger partial charge in [0.25, 0.3) is 5.91 Å². The van der Waals surface area contributed by atoms with Crippen molar-refractivity contribution in [1.82, 2.24) is 10.2 Å². The highest BCUT2D eigenvalue weighted by Gasteiger charge is 2.37. The van der Waals surface area contributed by atoms with Crippen LogP contribution in [0.1, 0.15) is 47.2 Å². The van der Waals surface area contributed by atoms with E-state index in [1.54, 1.807) is 7.11 Å². The van der Waals surface area contributed by atoms with Crippen LogP contribution >= 0.6 is 0 Å². The highest BCUT2D eigenvalue weighted by Crippen LogP contribution is 2.34. The predicted octanol–water partition coefficient (Wildman–Crippen LogP) is 2.37. The zero-order valence-corrected chi connectivity index (χ0v) is 15.7. The van der Waals surface area contributed by atoms with Gasteiger partial charge in [-0.1, -0.05) is 0 Å². The van der Waals surface area contributed by atoms with Crippen LogP contribution in [0.15, 0.2) is 12.1 Å². The van der Waals surface area contributed by atoms with E-state index in [0.717, 1.165) is 36.3 Å². The fourth-order valence-corrected chi connectivity index (χ4v) is 3.82. The first kappa shape index (κ1) is 18.7. The summed E-state index contributed by atoms with van der Waals surface area (Å²) in [5, 5.41) is 12.2. The Bertz CT molecular complexity index is 670. The average Bonchev–Trinajstić information content (AvgIpc) is 3.32. The molecule has 0 aromatic heterocycles. The topological polar surface area (TPSA) is 78.9 Å². The van der Waals surface area contributed by atoms with E-state index in [-0.39, 0.29) is 24.5 Å². The molecule has 1 aromatic rings. The first-order valence-corrected chi connectivity index (χ1v) is 9.29. The molecule has 6 nitrogen and oxygen atoms in total. The summed E-state index contributed by atoms with van der Waals surface area (Å²) >= 11 is 0. The first-order chi connectivity index (χ1) is 12.4. The van der Waals surface area contributed by atoms with Crippen molar-refractivity contribution < 1.29 is 19.4 Å². The van der Waals surface area contributed by atoms with Gasteiger partial charge in [-0.15, -0.1) is 0 Å². The van der Waals surface area contributed by atoms with Crippen molar-refractivity contribution in [3.8, 4) is 5.75 Å². The molecule has 0 aliphatic heterocycles. The molecular weight excluding hydrogens is 332 g/mol. The lowest BCUT2D eigenvalue weighted by Crippen LogP contribution is -2.55. The highest BCUT2D eigenvalue weighted by atomic mass is 16.5. The van der Waals surface area contributed by atoms with E-state index in [1.165, 1.54) is 12.8 Å². The molecule has 6 heteroatoms. The molecular formula is C20H28N2O4. The van der Waals surface area contributed by atoms with Crippen molar-refractivity contribution in [2.45, 2.75) is 51.6 Å². The summed E-state index contributed by atoms with van der Waals surface area (Å²) < 4.78 is 5.35. The number of amides is 1. The second-order valence-corrected chi connectivity index (χ2v) is 7.71. The van der Waals surface area contributed by atoms with E-state index in [2.05, 4.69) is 10.2 Å². The van der Waals surface area contributed by atoms with Crippen LogP contribution in [0.3, 0.4) is 0 Å². The number of hydrogen-bond acceptors (Lipinski definition) is 4. The van der Waals surface area contributed by atoms with Crippen LogP contribution in [-0.4, -0.2) is 54.2 Å². The third kappa shape index (κ3) is 4.36. The van der Waals surface area contributed by atoms with Gasteiger partial charge >= 0.3 is 5.97 Å². The number of nitrogens with one attached hydrogen (secondary N) is 1. The predicted molar refractivity (Wildman–Crippen MR) is 98.7 cm³/mol. The second kappa shape index (κ2) is 7.66. The van der Waals surface area contributed by atoms with Gasteiger partial charge < -0.3 is 15.2 Å². The Labute approximate surface area is 154 Å². The number of aryl methyl sites for hydroxylation is 2. The number of carbonyl (C=O) groups is 2. The zero-order valence-electron chi connectivity index (χ0n) is 15.7. The molecule has 2 aliphatic carbocycles. The van der Waals surface area contributed by atoms with Crippen molar-refractivity contribution in [1.29, 1.82) is 0 Å². The first-order valence-electron chi connectivity index (χ1n) is 9.29. The maximum absolute atomic E-state index is 12.5. The third-order valence-electron chi connectivity index (χ3n) is 5.42. The number of carbonyl (C=O) groups excluding carboxylic acids is 1. The minimum Gasteiger partial charge on any atom is -0.496 e. The van der Waals surface area contributed by atoms with E-state index in [9.17, 15) is 9.59 Å². The molecule has 142 valence electrons. The molecule has 0 heterocycles. The second-order valence-electron chi connectivity index (χ2n) is 7.71. The molecule has 2 fully saturated rings. The highest BCUT2D eigenvalue weighted by molar-refractivity contribution is 5.95. The summed E-state index contributed by atoms with van der Waals surface area (Å²) in [6.45, 7) is 4.83. The van der Waals surface area contributed by atoms with Crippen LogP contribution in [0, 0.1) is 19.8 Å². The molecule has 26 heavy (non-hydrogen) atoms. The number of benzene rings is 1. The number of hydrogen-bond donors (Lipinski definition) is 2. The standard InChI is InChI=1S/C20H28N2O4/c1-12-6-15(7-13(2)19(12)26-3)20(25)21-16-8-17(9-16)22(11-18(23)24)10-14-4-5-14/h6-7,14,16-17H,4-5,8-11H2,1-3H3,(H,21,25)(H,23,24). The lowest BCUT2D eigenvalue weighted by molar-refractivity contribution is -0.139. The zero-order chi connectivity index (χ0) is 18.8. The summed E-state index contributed by atoms with van der Waals surface area (Å²) in [5.41, 5.74) is 2.53. The number of methoxy groups -OCH3 is 1. The maximum Gasteiger partial charge on any atom is 0.317 e. The number of ether oxygens (including phenoxy) is 1. The van der Waals surface area contributed by atoms with Gasteiger partial charge in [-0.2, -0.15) is 0 Å². The van der Waals surface area contributed by atoms with Crippen molar-refractivity contribution in [3.63, 3.8) is 0 Å². The van der Waals surface area contributed by atoms with Gasteiger partial charge in [0.1, 0.15) is 5.75 Å². The van der Waals surface area contributed by atoms with Crippen LogP contribution in [0.25, 0.3) is 0 Å². The fraction of sp³-hybridized carbons (Fsp3) is 0.600. The van der Waals surface area contributed by atoms with Gasteiger partial charge in [0.15, 0.2) is 0 Å². The average molecular weight is 360 g/mol. The summed E-state index contributed by atoms with van der Waals surface area (Å²) in [6.07, 6.45) is 4.05. The molecule has 0 atom stereocenters. The summed E-state index contributed by atoms with van der Waals surface area (Å²) in [5.74, 6) is 0.625. The quantitative estimate of drug-likeness (QED) is 0.744. The number of carboxylic acids is 1. The van der Waals surface area contributed by atoms with Gasteiger partial charge in [0.05, 0.1) is 13.7 Å². The Balaban J connectivity index is 1.54. The minimum absolute atomic E-state index is 0.0747. The van der Waals surface area contributed by atoms with Crippen molar-refractivity contribution >= 4 is 11.9 Å². The van der Waals surface area contributed by atoms with E-state index in [1.807, 2.05) is 26.0 Å². The van der Waals surface area contributed by atoms with E-state index in [0.29, 0.717) is 11.5 Å². The molecule has 0 unspecified atom stereocenters. The van der Waals surface area contributed by atoms with Crippen LogP contribution in [-0.2, 0) is 4.79 Å². The molecule has 2 aliphatic rings. The smallest absolute Gasteiger partial charge is 0.317 e. The van der Waals surface area contributed by atoms with Crippen molar-refractivity contribution in [2.75, 3.05) is 20.2 Å². The van der Waals surface area contributed by atoms with Crippen LogP contribution < -0.4 is 10.1 Å². The van der Waals surface area contributed by atoms with Crippen LogP contribution in [0.5, 0.6) is 5.75 Å². The molecule has 0 spiro atoms. The summed E-state index contributed by atoms with van der Waals surface area (Å²) in [6, 6.07) is 4.07. The number of nitrogens with zero attached hydrogens (tertiary/aromatic N) is 1. The van der Waals surface area contributed by atoms with E-state index < -0.39 is 5.97 Å². The van der Waals surface area contributed by atoms with E-state index in [4.69, 9.17) is 9.84 Å². The third-order valence-corrected chi connectivity index (χ3v) is 5.42. The van der Waals surface area contributed by atoms with Gasteiger partial charge in [0, 0.05) is 24.2 Å². The van der Waals surface area contributed by atoms with Gasteiger partial charge in [0.2, 0.25) is 0 Å². The Morgan fingerprint density at radius 3 is 2.35 bits per heavy atom. The molecule has 1 aromatic carbocycles. The number of aliphatic carboxylic acids is 1. The molecule has 0 saturated heterocycles. The monoisotopic (exact) mass is 360 g/mol. The van der Waals surface area contributed by atoms with Crippen molar-refractivity contribution in [3.05, 3.63) is 28.8 Å². The van der Waals surface area contributed by atoms with Gasteiger partial charge in [-0.25, -0.2) is 0 Å². The van der Waals surface area contributed by atoms with Crippen LogP contribution in [0.2, 0.25) is 0 Å². The lowest BCUT2D eigenvalue weighted by Gasteiger charge is -2.42. The Hall–Kier alpha value is -2.08. The largest absolute Gasteiger partial charge is 0.496 e. The molecule has 1 amide bonds.